The van der Waals surface area contributed by atoms with E-state index in [-0.39, 0.29) is 16.5 Å². The third kappa shape index (κ3) is 2.54. The smallest absolute Gasteiger partial charge is 0.234 e. The number of anilines is 2. The van der Waals surface area contributed by atoms with Crippen LogP contribution >= 0.6 is 23.2 Å². The molecule has 0 unspecified atom stereocenters. The molecule has 78 valence electrons. The highest BCUT2D eigenvalue weighted by Gasteiger charge is 2.04. The van der Waals surface area contributed by atoms with Gasteiger partial charge in [-0.25, -0.2) is 4.98 Å². The number of nitrogens with one attached hydrogen (secondary N) is 1. The van der Waals surface area contributed by atoms with Gasteiger partial charge in [0.05, 0.1) is 6.33 Å². The Hall–Kier alpha value is -1.40. The number of aryl methyl sites for hydroxylation is 1. The number of halogens is 2. The largest absolute Gasteiger partial charge is 0.338 e. The minimum absolute atomic E-state index is 0.0356. The van der Waals surface area contributed by atoms with E-state index in [0.29, 0.717) is 5.82 Å². The molecule has 2 aromatic heterocycles. The predicted octanol–water partition coefficient (Wildman–Crippen LogP) is 1.66. The summed E-state index contributed by atoms with van der Waals surface area (Å²) in [7, 11) is 1.85. The lowest BCUT2D eigenvalue weighted by atomic mass is 10.7. The van der Waals surface area contributed by atoms with E-state index < -0.39 is 0 Å². The molecule has 6 nitrogen and oxygen atoms in total. The molecular formula is C7H6Cl2N6. The Morgan fingerprint density at radius 2 is 1.87 bits per heavy atom. The number of rotatable bonds is 2. The predicted molar refractivity (Wildman–Crippen MR) is 56.3 cm³/mol. The Kier molecular flexibility index (Phi) is 2.70. The molecule has 0 aliphatic rings. The standard InChI is InChI=1S/C7H6Cl2N6/c1-15-2-4(10-3-15)11-7-13-5(8)12-6(9)14-7/h2-3H,1H3,(H,11,12,13,14). The van der Waals surface area contributed by atoms with E-state index in [1.807, 2.05) is 7.05 Å². The summed E-state index contributed by atoms with van der Waals surface area (Å²) in [5, 5.41) is 2.91. The van der Waals surface area contributed by atoms with Crippen LogP contribution in [0.2, 0.25) is 10.6 Å². The van der Waals surface area contributed by atoms with Gasteiger partial charge in [-0.1, -0.05) is 0 Å². The second kappa shape index (κ2) is 4.00. The molecule has 0 aliphatic heterocycles. The first-order valence-corrected chi connectivity index (χ1v) is 4.71. The molecular weight excluding hydrogens is 239 g/mol. The number of aromatic nitrogens is 5. The highest BCUT2D eigenvalue weighted by Crippen LogP contribution is 2.13. The summed E-state index contributed by atoms with van der Waals surface area (Å²) in [6, 6.07) is 0. The summed E-state index contributed by atoms with van der Waals surface area (Å²) in [6.07, 6.45) is 3.42. The Morgan fingerprint density at radius 1 is 1.20 bits per heavy atom. The Morgan fingerprint density at radius 3 is 2.40 bits per heavy atom. The quantitative estimate of drug-likeness (QED) is 0.871. The lowest BCUT2D eigenvalue weighted by Gasteiger charge is -2.00. The van der Waals surface area contributed by atoms with Crippen LogP contribution in [-0.4, -0.2) is 24.5 Å². The van der Waals surface area contributed by atoms with E-state index in [1.165, 1.54) is 0 Å². The Labute approximate surface area is 95.3 Å². The van der Waals surface area contributed by atoms with Gasteiger partial charge in [-0.2, -0.15) is 15.0 Å². The second-order valence-corrected chi connectivity index (χ2v) is 3.42. The van der Waals surface area contributed by atoms with Gasteiger partial charge in [0.15, 0.2) is 5.82 Å². The molecule has 0 bridgehead atoms. The third-order valence-electron chi connectivity index (χ3n) is 1.53. The van der Waals surface area contributed by atoms with Gasteiger partial charge in [-0.3, -0.25) is 0 Å². The fourth-order valence-corrected chi connectivity index (χ4v) is 1.34. The molecule has 0 radical (unpaired) electrons. The van der Waals surface area contributed by atoms with Crippen molar-refractivity contribution in [3.8, 4) is 0 Å². The number of nitrogens with zero attached hydrogens (tertiary/aromatic N) is 5. The van der Waals surface area contributed by atoms with Gasteiger partial charge in [-0.15, -0.1) is 0 Å². The fourth-order valence-electron chi connectivity index (χ4n) is 0.974. The zero-order valence-corrected chi connectivity index (χ0v) is 9.16. The van der Waals surface area contributed by atoms with Gasteiger partial charge in [0.1, 0.15) is 0 Å². The zero-order valence-electron chi connectivity index (χ0n) is 7.65. The molecule has 1 N–H and O–H groups in total. The molecule has 0 aromatic carbocycles. The van der Waals surface area contributed by atoms with Gasteiger partial charge in [-0.05, 0) is 23.2 Å². The van der Waals surface area contributed by atoms with Crippen molar-refractivity contribution in [2.75, 3.05) is 5.32 Å². The van der Waals surface area contributed by atoms with E-state index in [9.17, 15) is 0 Å². The lowest BCUT2D eigenvalue weighted by Crippen LogP contribution is -1.99. The maximum absolute atomic E-state index is 5.61. The third-order valence-corrected chi connectivity index (χ3v) is 1.86. The van der Waals surface area contributed by atoms with Gasteiger partial charge in [0.25, 0.3) is 0 Å². The molecule has 15 heavy (non-hydrogen) atoms. The molecule has 0 amide bonds. The van der Waals surface area contributed by atoms with E-state index in [4.69, 9.17) is 23.2 Å². The number of imidazole rings is 1. The highest BCUT2D eigenvalue weighted by atomic mass is 35.5. The first-order chi connectivity index (χ1) is 7.13. The van der Waals surface area contributed by atoms with Gasteiger partial charge < -0.3 is 9.88 Å². The van der Waals surface area contributed by atoms with Crippen LogP contribution in [0.3, 0.4) is 0 Å². The van der Waals surface area contributed by atoms with Crippen molar-refractivity contribution >= 4 is 35.0 Å². The molecule has 0 spiro atoms. The molecule has 0 saturated carbocycles. The van der Waals surface area contributed by atoms with Crippen LogP contribution in [0.4, 0.5) is 11.8 Å². The Bertz CT molecular complexity index is 462. The first-order valence-electron chi connectivity index (χ1n) is 3.95. The summed E-state index contributed by atoms with van der Waals surface area (Å²) < 4.78 is 1.78. The monoisotopic (exact) mass is 244 g/mol. The summed E-state index contributed by atoms with van der Waals surface area (Å²) in [5.41, 5.74) is 0. The summed E-state index contributed by atoms with van der Waals surface area (Å²) in [4.78, 5) is 15.3. The summed E-state index contributed by atoms with van der Waals surface area (Å²) in [6.45, 7) is 0. The molecule has 0 atom stereocenters. The van der Waals surface area contributed by atoms with Crippen molar-refractivity contribution in [1.29, 1.82) is 0 Å². The van der Waals surface area contributed by atoms with Gasteiger partial charge in [0.2, 0.25) is 16.5 Å². The SMILES string of the molecule is Cn1cnc(Nc2nc(Cl)nc(Cl)n2)c1. The van der Waals surface area contributed by atoms with Crippen LogP contribution < -0.4 is 5.32 Å². The molecule has 8 heteroatoms. The normalized spacial score (nSPS) is 10.3. The summed E-state index contributed by atoms with van der Waals surface area (Å²) in [5.74, 6) is 0.870. The van der Waals surface area contributed by atoms with Crippen LogP contribution in [0.25, 0.3) is 0 Å². The van der Waals surface area contributed by atoms with Crippen molar-refractivity contribution < 1.29 is 0 Å². The van der Waals surface area contributed by atoms with Gasteiger partial charge in [0, 0.05) is 13.2 Å². The average Bonchev–Trinajstić information content (AvgIpc) is 2.49. The van der Waals surface area contributed by atoms with Crippen LogP contribution in [0.1, 0.15) is 0 Å². The second-order valence-electron chi connectivity index (χ2n) is 2.75. The molecule has 2 rings (SSSR count). The minimum atomic E-state index is 0.0356. The Balaban J connectivity index is 2.24. The maximum atomic E-state index is 5.61. The lowest BCUT2D eigenvalue weighted by molar-refractivity contribution is 0.913. The van der Waals surface area contributed by atoms with Crippen molar-refractivity contribution in [3.05, 3.63) is 23.1 Å². The topological polar surface area (TPSA) is 68.5 Å². The van der Waals surface area contributed by atoms with E-state index >= 15 is 0 Å². The zero-order chi connectivity index (χ0) is 10.8. The van der Waals surface area contributed by atoms with E-state index in [0.717, 1.165) is 0 Å². The molecule has 0 fully saturated rings. The first kappa shape index (κ1) is 10.1. The fraction of sp³-hybridized carbons (Fsp3) is 0.143. The number of hydrogen-bond donors (Lipinski definition) is 1. The summed E-state index contributed by atoms with van der Waals surface area (Å²) >= 11 is 11.2. The van der Waals surface area contributed by atoms with Crippen molar-refractivity contribution in [2.45, 2.75) is 0 Å². The minimum Gasteiger partial charge on any atom is -0.338 e. The van der Waals surface area contributed by atoms with E-state index in [2.05, 4.69) is 25.3 Å². The molecule has 0 saturated heterocycles. The van der Waals surface area contributed by atoms with Crippen molar-refractivity contribution in [3.63, 3.8) is 0 Å². The van der Waals surface area contributed by atoms with Crippen LogP contribution in [-0.2, 0) is 7.05 Å². The van der Waals surface area contributed by atoms with Crippen LogP contribution in [0.5, 0.6) is 0 Å². The average molecular weight is 245 g/mol. The van der Waals surface area contributed by atoms with Crippen LogP contribution in [0.15, 0.2) is 12.5 Å². The highest BCUT2D eigenvalue weighted by molar-refractivity contribution is 6.31. The molecule has 2 aromatic rings. The van der Waals surface area contributed by atoms with E-state index in [1.54, 1.807) is 17.1 Å². The van der Waals surface area contributed by atoms with Crippen LogP contribution in [0, 0.1) is 0 Å². The molecule has 0 aliphatic carbocycles. The van der Waals surface area contributed by atoms with Crippen molar-refractivity contribution in [2.24, 2.45) is 7.05 Å². The number of hydrogen-bond acceptors (Lipinski definition) is 5. The van der Waals surface area contributed by atoms with Gasteiger partial charge >= 0.3 is 0 Å². The maximum Gasteiger partial charge on any atom is 0.234 e. The van der Waals surface area contributed by atoms with Crippen molar-refractivity contribution in [1.82, 2.24) is 24.5 Å². The molecule has 2 heterocycles.